The lowest BCUT2D eigenvalue weighted by atomic mass is 10.1. The average molecular weight is 639 g/mol. The molecule has 0 aliphatic carbocycles. The first kappa shape index (κ1) is 43.1. The number of carbonyl (C=O) groups excluding carboxylic acids is 1. The summed E-state index contributed by atoms with van der Waals surface area (Å²) in [5.74, 6) is 0.460. The van der Waals surface area contributed by atoms with Crippen LogP contribution in [0.15, 0.2) is 0 Å². The van der Waals surface area contributed by atoms with E-state index in [9.17, 15) is 4.79 Å². The molecule has 1 unspecified atom stereocenters. The Morgan fingerprint density at radius 2 is 0.750 bits per heavy atom. The molecule has 0 N–H and O–H groups in total. The molecule has 0 saturated carbocycles. The molecular weight excluding hydrogens is 572 g/mol. The molecule has 0 amide bonds. The number of hydrogen-bond acceptors (Lipinski definition) is 11. The van der Waals surface area contributed by atoms with Gasteiger partial charge in [0.1, 0.15) is 6.61 Å². The fourth-order valence-corrected chi connectivity index (χ4v) is 3.67. The van der Waals surface area contributed by atoms with Gasteiger partial charge in [0.25, 0.3) is 0 Å². The Labute approximate surface area is 268 Å². The Kier molecular flexibility index (Phi) is 37.5. The van der Waals surface area contributed by atoms with Gasteiger partial charge in [-0.2, -0.15) is 0 Å². The van der Waals surface area contributed by atoms with E-state index in [2.05, 4.69) is 20.8 Å². The second kappa shape index (κ2) is 38.3. The van der Waals surface area contributed by atoms with Gasteiger partial charge in [-0.25, -0.2) is 0 Å². The summed E-state index contributed by atoms with van der Waals surface area (Å²) in [5, 5.41) is 0. The zero-order chi connectivity index (χ0) is 32.0. The topological polar surface area (TPSA) is 109 Å². The van der Waals surface area contributed by atoms with Gasteiger partial charge in [0, 0.05) is 13.0 Å². The molecule has 0 fully saturated rings. The van der Waals surface area contributed by atoms with Crippen LogP contribution in [-0.2, 0) is 52.2 Å². The van der Waals surface area contributed by atoms with Gasteiger partial charge in [-0.15, -0.1) is 0 Å². The van der Waals surface area contributed by atoms with E-state index < -0.39 is 0 Å². The van der Waals surface area contributed by atoms with Gasteiger partial charge in [-0.3, -0.25) is 4.79 Å². The second-order valence-corrected chi connectivity index (χ2v) is 10.6. The summed E-state index contributed by atoms with van der Waals surface area (Å²) < 4.78 is 54.5. The maximum atomic E-state index is 11.7. The normalized spacial score (nSPS) is 12.2. The fourth-order valence-electron chi connectivity index (χ4n) is 3.67. The van der Waals surface area contributed by atoms with Crippen molar-refractivity contribution in [3.05, 3.63) is 0 Å². The number of esters is 1. The van der Waals surface area contributed by atoms with Crippen LogP contribution in [0.2, 0.25) is 0 Å². The third-order valence-electron chi connectivity index (χ3n) is 6.55. The van der Waals surface area contributed by atoms with Gasteiger partial charge >= 0.3 is 5.97 Å². The third kappa shape index (κ3) is 37.3. The quantitative estimate of drug-likeness (QED) is 0.0683. The highest BCUT2D eigenvalue weighted by Crippen LogP contribution is 2.08. The van der Waals surface area contributed by atoms with Crippen LogP contribution in [0.25, 0.3) is 0 Å². The van der Waals surface area contributed by atoms with Crippen molar-refractivity contribution in [3.8, 4) is 0 Å². The zero-order valence-electron chi connectivity index (χ0n) is 28.4. The standard InChI is InChI=1S/C33H66O11/c1-4-6-7-8-9-10-11-12-33(34)44-30-29-42-26-25-40-22-21-38-18-17-36-14-13-35-15-16-37-19-20-39-23-24-41-27-28-43-31-32(3)5-2/h32H,4-31H2,1-3H3. The maximum Gasteiger partial charge on any atom is 0.305 e. The molecule has 0 aliphatic heterocycles. The van der Waals surface area contributed by atoms with Crippen LogP contribution < -0.4 is 0 Å². The van der Waals surface area contributed by atoms with Crippen molar-refractivity contribution >= 4 is 5.97 Å². The van der Waals surface area contributed by atoms with Crippen molar-refractivity contribution in [3.63, 3.8) is 0 Å². The molecule has 0 aromatic carbocycles. The van der Waals surface area contributed by atoms with E-state index in [1.165, 1.54) is 32.1 Å². The summed E-state index contributed by atoms with van der Waals surface area (Å²) >= 11 is 0. The number of ether oxygens (including phenoxy) is 10. The van der Waals surface area contributed by atoms with E-state index in [1.807, 2.05) is 0 Å². The van der Waals surface area contributed by atoms with Crippen molar-refractivity contribution < 1.29 is 52.2 Å². The molecule has 0 rings (SSSR count). The molecule has 0 bridgehead atoms. The molecule has 44 heavy (non-hydrogen) atoms. The molecule has 0 radical (unpaired) electrons. The molecule has 0 saturated heterocycles. The van der Waals surface area contributed by atoms with E-state index in [4.69, 9.17) is 47.4 Å². The van der Waals surface area contributed by atoms with Gasteiger partial charge in [0.05, 0.1) is 112 Å². The van der Waals surface area contributed by atoms with Crippen LogP contribution in [0.3, 0.4) is 0 Å². The zero-order valence-corrected chi connectivity index (χ0v) is 28.4. The van der Waals surface area contributed by atoms with E-state index in [-0.39, 0.29) is 5.97 Å². The Hall–Kier alpha value is -0.890. The minimum atomic E-state index is -0.137. The van der Waals surface area contributed by atoms with Gasteiger partial charge in [0.2, 0.25) is 0 Å². The first-order chi connectivity index (χ1) is 21.7. The average Bonchev–Trinajstić information content (AvgIpc) is 3.03. The minimum absolute atomic E-state index is 0.137. The highest BCUT2D eigenvalue weighted by Gasteiger charge is 2.03. The third-order valence-corrected chi connectivity index (χ3v) is 6.55. The molecule has 0 aromatic rings. The van der Waals surface area contributed by atoms with Crippen LogP contribution in [0.1, 0.15) is 78.6 Å². The van der Waals surface area contributed by atoms with Crippen molar-refractivity contribution in [2.24, 2.45) is 5.92 Å². The van der Waals surface area contributed by atoms with Crippen LogP contribution in [0, 0.1) is 5.92 Å². The molecular formula is C33H66O11. The summed E-state index contributed by atoms with van der Waals surface area (Å²) in [7, 11) is 0. The van der Waals surface area contributed by atoms with E-state index in [0.29, 0.717) is 131 Å². The Morgan fingerprint density at radius 3 is 1.11 bits per heavy atom. The summed E-state index contributed by atoms with van der Waals surface area (Å²) in [6.07, 6.45) is 9.95. The predicted molar refractivity (Wildman–Crippen MR) is 170 cm³/mol. The van der Waals surface area contributed by atoms with Crippen molar-refractivity contribution in [1.82, 2.24) is 0 Å². The van der Waals surface area contributed by atoms with Crippen molar-refractivity contribution in [2.45, 2.75) is 78.6 Å². The lowest BCUT2D eigenvalue weighted by Crippen LogP contribution is -2.15. The highest BCUT2D eigenvalue weighted by molar-refractivity contribution is 5.69. The Bertz CT molecular complexity index is 554. The Morgan fingerprint density at radius 1 is 0.432 bits per heavy atom. The fraction of sp³-hybridized carbons (Fsp3) is 0.970. The van der Waals surface area contributed by atoms with Crippen molar-refractivity contribution in [2.75, 3.05) is 126 Å². The first-order valence-electron chi connectivity index (χ1n) is 17.1. The molecule has 0 spiro atoms. The largest absolute Gasteiger partial charge is 0.463 e. The molecule has 11 nitrogen and oxygen atoms in total. The summed E-state index contributed by atoms with van der Waals surface area (Å²) in [5.41, 5.74) is 0. The smallest absolute Gasteiger partial charge is 0.305 e. The summed E-state index contributed by atoms with van der Waals surface area (Å²) in [6, 6.07) is 0. The van der Waals surface area contributed by atoms with Crippen LogP contribution >= 0.6 is 0 Å². The first-order valence-corrected chi connectivity index (χ1v) is 17.1. The highest BCUT2D eigenvalue weighted by atomic mass is 16.6. The molecule has 0 heterocycles. The molecule has 0 aromatic heterocycles. The predicted octanol–water partition coefficient (Wildman–Crippen LogP) is 4.87. The van der Waals surface area contributed by atoms with Gasteiger partial charge in [0.15, 0.2) is 0 Å². The van der Waals surface area contributed by atoms with Gasteiger partial charge in [-0.1, -0.05) is 65.7 Å². The van der Waals surface area contributed by atoms with Crippen LogP contribution in [0.5, 0.6) is 0 Å². The number of carbonyl (C=O) groups is 1. The van der Waals surface area contributed by atoms with E-state index in [1.54, 1.807) is 0 Å². The summed E-state index contributed by atoms with van der Waals surface area (Å²) in [6.45, 7) is 16.4. The molecule has 0 aliphatic rings. The summed E-state index contributed by atoms with van der Waals surface area (Å²) in [4.78, 5) is 11.7. The van der Waals surface area contributed by atoms with Crippen LogP contribution in [0.4, 0.5) is 0 Å². The molecule has 264 valence electrons. The lowest BCUT2D eigenvalue weighted by Gasteiger charge is -2.10. The van der Waals surface area contributed by atoms with Crippen LogP contribution in [-0.4, -0.2) is 132 Å². The van der Waals surface area contributed by atoms with Gasteiger partial charge in [-0.05, 0) is 12.3 Å². The SMILES string of the molecule is CCCCCCCCCC(=O)OCCOCCOCCOCCOCCOCCOCCOCCOCCOCC(C)CC. The second-order valence-electron chi connectivity index (χ2n) is 10.6. The minimum Gasteiger partial charge on any atom is -0.463 e. The van der Waals surface area contributed by atoms with Gasteiger partial charge < -0.3 is 47.4 Å². The Balaban J connectivity index is 3.11. The van der Waals surface area contributed by atoms with E-state index in [0.717, 1.165) is 25.9 Å². The lowest BCUT2D eigenvalue weighted by molar-refractivity contribution is -0.145. The number of hydrogen-bond donors (Lipinski definition) is 0. The number of unbranched alkanes of at least 4 members (excludes halogenated alkanes) is 6. The monoisotopic (exact) mass is 638 g/mol. The van der Waals surface area contributed by atoms with E-state index >= 15 is 0 Å². The van der Waals surface area contributed by atoms with Crippen molar-refractivity contribution in [1.29, 1.82) is 0 Å². The molecule has 11 heteroatoms. The maximum absolute atomic E-state index is 11.7. The number of rotatable bonds is 38. The molecule has 1 atom stereocenters.